The Hall–Kier alpha value is -1.22. The van der Waals surface area contributed by atoms with Crippen molar-refractivity contribution in [2.45, 2.75) is 19.3 Å². The summed E-state index contributed by atoms with van der Waals surface area (Å²) in [5.74, 6) is 0.503. The zero-order chi connectivity index (χ0) is 11.4. The van der Waals surface area contributed by atoms with Gasteiger partial charge in [-0.15, -0.1) is 0 Å². The fourth-order valence-corrected chi connectivity index (χ4v) is 1.95. The summed E-state index contributed by atoms with van der Waals surface area (Å²) in [6, 6.07) is 6.89. The summed E-state index contributed by atoms with van der Waals surface area (Å²) in [6.07, 6.45) is 3.04. The SMILES string of the molecule is O=C(Oc1cccc(Cl)c1)N1CCCCC1. The molecule has 0 saturated carbocycles. The minimum atomic E-state index is -0.276. The monoisotopic (exact) mass is 239 g/mol. The molecular weight excluding hydrogens is 226 g/mol. The number of carbonyl (C=O) groups is 1. The first kappa shape index (κ1) is 11.3. The van der Waals surface area contributed by atoms with Crippen LogP contribution in [0.25, 0.3) is 0 Å². The molecule has 16 heavy (non-hydrogen) atoms. The summed E-state index contributed by atoms with van der Waals surface area (Å²) in [6.45, 7) is 1.58. The fraction of sp³-hybridized carbons (Fsp3) is 0.417. The lowest BCUT2D eigenvalue weighted by atomic mass is 10.1. The molecule has 1 fully saturated rings. The summed E-state index contributed by atoms with van der Waals surface area (Å²) in [7, 11) is 0. The third kappa shape index (κ3) is 2.89. The minimum Gasteiger partial charge on any atom is -0.410 e. The summed E-state index contributed by atoms with van der Waals surface area (Å²) >= 11 is 5.81. The second-order valence-corrected chi connectivity index (χ2v) is 4.31. The van der Waals surface area contributed by atoms with Crippen LogP contribution < -0.4 is 4.74 Å². The molecule has 0 radical (unpaired) electrons. The van der Waals surface area contributed by atoms with Crippen molar-refractivity contribution in [1.29, 1.82) is 0 Å². The van der Waals surface area contributed by atoms with E-state index in [0.29, 0.717) is 10.8 Å². The molecular formula is C12H14ClNO2. The van der Waals surface area contributed by atoms with Crippen molar-refractivity contribution in [1.82, 2.24) is 4.90 Å². The Balaban J connectivity index is 1.96. The van der Waals surface area contributed by atoms with Gasteiger partial charge in [-0.2, -0.15) is 0 Å². The molecule has 1 saturated heterocycles. The summed E-state index contributed by atoms with van der Waals surface area (Å²) < 4.78 is 5.24. The second kappa shape index (κ2) is 5.21. The lowest BCUT2D eigenvalue weighted by Gasteiger charge is -2.25. The number of halogens is 1. The zero-order valence-electron chi connectivity index (χ0n) is 8.99. The molecule has 0 N–H and O–H groups in total. The Morgan fingerprint density at radius 3 is 2.69 bits per heavy atom. The number of nitrogens with zero attached hydrogens (tertiary/aromatic N) is 1. The van der Waals surface area contributed by atoms with E-state index in [1.54, 1.807) is 29.2 Å². The highest BCUT2D eigenvalue weighted by molar-refractivity contribution is 6.30. The first-order valence-electron chi connectivity index (χ1n) is 5.48. The van der Waals surface area contributed by atoms with Crippen molar-refractivity contribution in [2.75, 3.05) is 13.1 Å². The molecule has 0 unspecified atom stereocenters. The molecule has 4 heteroatoms. The van der Waals surface area contributed by atoms with Crippen molar-refractivity contribution in [2.24, 2.45) is 0 Å². The maximum absolute atomic E-state index is 11.7. The second-order valence-electron chi connectivity index (χ2n) is 3.87. The molecule has 1 aromatic carbocycles. The van der Waals surface area contributed by atoms with Crippen LogP contribution >= 0.6 is 11.6 Å². The van der Waals surface area contributed by atoms with Crippen LogP contribution in [0.15, 0.2) is 24.3 Å². The summed E-state index contributed by atoms with van der Waals surface area (Å²) in [5.41, 5.74) is 0. The third-order valence-corrected chi connectivity index (χ3v) is 2.85. The number of piperidine rings is 1. The van der Waals surface area contributed by atoms with Gasteiger partial charge in [0.2, 0.25) is 0 Å². The molecule has 1 aromatic rings. The minimum absolute atomic E-state index is 0.276. The van der Waals surface area contributed by atoms with Crippen LogP contribution in [0.3, 0.4) is 0 Å². The standard InChI is InChI=1S/C12H14ClNO2/c13-10-5-4-6-11(9-10)16-12(15)14-7-2-1-3-8-14/h4-6,9H,1-3,7-8H2. The molecule has 1 amide bonds. The molecule has 1 heterocycles. The molecule has 2 rings (SSSR count). The van der Waals surface area contributed by atoms with E-state index < -0.39 is 0 Å². The smallest absolute Gasteiger partial charge is 0.410 e. The van der Waals surface area contributed by atoms with E-state index in [0.717, 1.165) is 25.9 Å². The van der Waals surface area contributed by atoms with Gasteiger partial charge in [0.15, 0.2) is 0 Å². The van der Waals surface area contributed by atoms with Crippen LogP contribution in [-0.2, 0) is 0 Å². The molecule has 0 bridgehead atoms. The maximum atomic E-state index is 11.7. The molecule has 0 atom stereocenters. The van der Waals surface area contributed by atoms with E-state index in [-0.39, 0.29) is 6.09 Å². The number of amides is 1. The average molecular weight is 240 g/mol. The van der Waals surface area contributed by atoms with Crippen LogP contribution in [0, 0.1) is 0 Å². The van der Waals surface area contributed by atoms with Crippen LogP contribution in [0.4, 0.5) is 4.79 Å². The number of carbonyl (C=O) groups excluding carboxylic acids is 1. The number of rotatable bonds is 1. The van der Waals surface area contributed by atoms with Crippen molar-refractivity contribution >= 4 is 17.7 Å². The number of ether oxygens (including phenoxy) is 1. The number of hydrogen-bond donors (Lipinski definition) is 0. The van der Waals surface area contributed by atoms with E-state index >= 15 is 0 Å². The first-order valence-corrected chi connectivity index (χ1v) is 5.86. The Morgan fingerprint density at radius 1 is 1.25 bits per heavy atom. The zero-order valence-corrected chi connectivity index (χ0v) is 9.74. The van der Waals surface area contributed by atoms with Crippen LogP contribution in [0.5, 0.6) is 5.75 Å². The van der Waals surface area contributed by atoms with E-state index in [4.69, 9.17) is 16.3 Å². The highest BCUT2D eigenvalue weighted by atomic mass is 35.5. The lowest BCUT2D eigenvalue weighted by Crippen LogP contribution is -2.37. The maximum Gasteiger partial charge on any atom is 0.415 e. The Morgan fingerprint density at radius 2 is 2.00 bits per heavy atom. The van der Waals surface area contributed by atoms with Crippen molar-refractivity contribution < 1.29 is 9.53 Å². The highest BCUT2D eigenvalue weighted by Gasteiger charge is 2.18. The Bertz CT molecular complexity index is 375. The van der Waals surface area contributed by atoms with Gasteiger partial charge < -0.3 is 9.64 Å². The molecule has 0 aliphatic carbocycles. The van der Waals surface area contributed by atoms with Gasteiger partial charge in [0.1, 0.15) is 5.75 Å². The summed E-state index contributed by atoms with van der Waals surface area (Å²) in [4.78, 5) is 13.5. The largest absolute Gasteiger partial charge is 0.415 e. The van der Waals surface area contributed by atoms with E-state index in [9.17, 15) is 4.79 Å². The molecule has 86 valence electrons. The van der Waals surface area contributed by atoms with Crippen LogP contribution in [0.1, 0.15) is 19.3 Å². The van der Waals surface area contributed by atoms with Gasteiger partial charge >= 0.3 is 6.09 Å². The van der Waals surface area contributed by atoms with Gasteiger partial charge in [-0.05, 0) is 37.5 Å². The first-order chi connectivity index (χ1) is 7.75. The molecule has 1 aliphatic heterocycles. The van der Waals surface area contributed by atoms with Gasteiger partial charge in [0.05, 0.1) is 0 Å². The van der Waals surface area contributed by atoms with Gasteiger partial charge in [-0.1, -0.05) is 17.7 Å². The number of likely N-dealkylation sites (tertiary alicyclic amines) is 1. The van der Waals surface area contributed by atoms with E-state index in [2.05, 4.69) is 0 Å². The number of hydrogen-bond acceptors (Lipinski definition) is 2. The molecule has 1 aliphatic rings. The molecule has 0 spiro atoms. The van der Waals surface area contributed by atoms with Gasteiger partial charge in [-0.3, -0.25) is 0 Å². The van der Waals surface area contributed by atoms with Crippen molar-refractivity contribution in [3.63, 3.8) is 0 Å². The normalized spacial score (nSPS) is 15.9. The summed E-state index contributed by atoms with van der Waals surface area (Å²) in [5, 5.41) is 0.573. The van der Waals surface area contributed by atoms with Crippen molar-refractivity contribution in [3.8, 4) is 5.75 Å². The Kier molecular flexibility index (Phi) is 3.67. The number of benzene rings is 1. The third-order valence-electron chi connectivity index (χ3n) is 2.62. The van der Waals surface area contributed by atoms with E-state index in [1.807, 2.05) is 0 Å². The topological polar surface area (TPSA) is 29.5 Å². The Labute approximate surface area is 100.0 Å². The van der Waals surface area contributed by atoms with Gasteiger partial charge in [0, 0.05) is 18.1 Å². The molecule has 0 aromatic heterocycles. The quantitative estimate of drug-likeness (QED) is 0.752. The highest BCUT2D eigenvalue weighted by Crippen LogP contribution is 2.18. The van der Waals surface area contributed by atoms with Crippen molar-refractivity contribution in [3.05, 3.63) is 29.3 Å². The predicted octanol–water partition coefficient (Wildman–Crippen LogP) is 3.32. The predicted molar refractivity (Wildman–Crippen MR) is 62.9 cm³/mol. The van der Waals surface area contributed by atoms with Crippen LogP contribution in [0.2, 0.25) is 5.02 Å². The van der Waals surface area contributed by atoms with Gasteiger partial charge in [-0.25, -0.2) is 4.79 Å². The molecule has 3 nitrogen and oxygen atoms in total. The fourth-order valence-electron chi connectivity index (χ4n) is 1.77. The van der Waals surface area contributed by atoms with Gasteiger partial charge in [0.25, 0.3) is 0 Å². The average Bonchev–Trinajstić information content (AvgIpc) is 2.30. The lowest BCUT2D eigenvalue weighted by molar-refractivity contribution is 0.142. The van der Waals surface area contributed by atoms with Crippen LogP contribution in [-0.4, -0.2) is 24.1 Å². The van der Waals surface area contributed by atoms with E-state index in [1.165, 1.54) is 6.42 Å².